The van der Waals surface area contributed by atoms with Crippen molar-refractivity contribution in [1.29, 1.82) is 0 Å². The number of carbonyl (C=O) groups is 1. The number of amides is 1. The smallest absolute Gasteiger partial charge is 0.270 e. The summed E-state index contributed by atoms with van der Waals surface area (Å²) < 4.78 is 0. The Balaban J connectivity index is 1.57. The number of hydrogen-bond donors (Lipinski definition) is 2. The molecular weight excluding hydrogens is 312 g/mol. The molecule has 1 unspecified atom stereocenters. The average molecular weight is 332 g/mol. The lowest BCUT2D eigenvalue weighted by Gasteiger charge is -2.15. The summed E-state index contributed by atoms with van der Waals surface area (Å²) in [6.45, 7) is 2.52. The zero-order valence-electron chi connectivity index (χ0n) is 14.0. The van der Waals surface area contributed by atoms with E-state index in [9.17, 15) is 4.79 Å². The minimum atomic E-state index is -0.202. The van der Waals surface area contributed by atoms with Crippen LogP contribution in [-0.2, 0) is 6.54 Å². The van der Waals surface area contributed by atoms with Gasteiger partial charge in [0.2, 0.25) is 0 Å². The molecule has 0 spiro atoms. The maximum Gasteiger partial charge on any atom is 0.270 e. The van der Waals surface area contributed by atoms with E-state index < -0.39 is 0 Å². The van der Waals surface area contributed by atoms with Gasteiger partial charge in [-0.15, -0.1) is 0 Å². The van der Waals surface area contributed by atoms with Crippen LogP contribution < -0.4 is 10.6 Å². The Kier molecular flexibility index (Phi) is 5.36. The number of pyridine rings is 2. The highest BCUT2D eigenvalue weighted by Gasteiger charge is 2.08. The highest BCUT2D eigenvalue weighted by Crippen LogP contribution is 2.18. The van der Waals surface area contributed by atoms with Gasteiger partial charge >= 0.3 is 0 Å². The molecule has 2 heterocycles. The Hall–Kier alpha value is -3.21. The van der Waals surface area contributed by atoms with Gasteiger partial charge in [0.15, 0.2) is 0 Å². The lowest BCUT2D eigenvalue weighted by molar-refractivity contribution is 0.0946. The highest BCUT2D eigenvalue weighted by atomic mass is 16.1. The number of nitrogens with one attached hydrogen (secondary N) is 2. The predicted molar refractivity (Wildman–Crippen MR) is 98.1 cm³/mol. The number of nitrogens with zero attached hydrogens (tertiary/aromatic N) is 2. The van der Waals surface area contributed by atoms with Crippen molar-refractivity contribution in [1.82, 2.24) is 15.3 Å². The van der Waals surface area contributed by atoms with Crippen LogP contribution in [0.3, 0.4) is 0 Å². The van der Waals surface area contributed by atoms with Crippen molar-refractivity contribution in [3.05, 3.63) is 90.0 Å². The topological polar surface area (TPSA) is 66.9 Å². The van der Waals surface area contributed by atoms with Crippen molar-refractivity contribution in [3.8, 4) is 0 Å². The molecule has 0 radical (unpaired) electrons. The zero-order chi connectivity index (χ0) is 17.5. The van der Waals surface area contributed by atoms with Crippen molar-refractivity contribution in [2.75, 3.05) is 5.32 Å². The molecule has 0 fully saturated rings. The summed E-state index contributed by atoms with van der Waals surface area (Å²) in [6.07, 6.45) is 5.11. The maximum absolute atomic E-state index is 12.2. The second-order valence-corrected chi connectivity index (χ2v) is 5.75. The average Bonchev–Trinajstić information content (AvgIpc) is 2.68. The Morgan fingerprint density at radius 1 is 1.04 bits per heavy atom. The first-order chi connectivity index (χ1) is 12.2. The second-order valence-electron chi connectivity index (χ2n) is 5.75. The minimum Gasteiger partial charge on any atom is -0.377 e. The lowest BCUT2D eigenvalue weighted by Crippen LogP contribution is -2.23. The number of hydrogen-bond acceptors (Lipinski definition) is 4. The third kappa shape index (κ3) is 4.64. The fraction of sp³-hybridized carbons (Fsp3) is 0.150. The molecule has 1 aromatic carbocycles. The van der Waals surface area contributed by atoms with Crippen LogP contribution in [0.1, 0.15) is 34.6 Å². The highest BCUT2D eigenvalue weighted by molar-refractivity contribution is 5.92. The van der Waals surface area contributed by atoms with E-state index in [1.165, 1.54) is 5.56 Å². The van der Waals surface area contributed by atoms with Crippen LogP contribution in [0.2, 0.25) is 0 Å². The van der Waals surface area contributed by atoms with E-state index >= 15 is 0 Å². The molecule has 5 heteroatoms. The van der Waals surface area contributed by atoms with Crippen LogP contribution in [-0.4, -0.2) is 15.9 Å². The number of benzene rings is 1. The summed E-state index contributed by atoms with van der Waals surface area (Å²) in [5, 5.41) is 6.22. The standard InChI is InChI=1S/C20H20N4O/c1-15(17-7-3-2-4-8-17)24-18-9-10-19(22-14-18)20(25)23-13-16-6-5-11-21-12-16/h2-12,14-15,24H,13H2,1H3,(H,23,25). The zero-order valence-corrected chi connectivity index (χ0v) is 14.0. The van der Waals surface area contributed by atoms with Crippen LogP contribution in [0.4, 0.5) is 5.69 Å². The molecule has 0 saturated heterocycles. The first-order valence-corrected chi connectivity index (χ1v) is 8.17. The van der Waals surface area contributed by atoms with Crippen molar-refractivity contribution in [2.24, 2.45) is 0 Å². The summed E-state index contributed by atoms with van der Waals surface area (Å²) >= 11 is 0. The van der Waals surface area contributed by atoms with Gasteiger partial charge in [0.25, 0.3) is 5.91 Å². The molecule has 0 aliphatic carbocycles. The monoisotopic (exact) mass is 332 g/mol. The number of rotatable bonds is 6. The van der Waals surface area contributed by atoms with E-state index in [1.807, 2.05) is 36.4 Å². The van der Waals surface area contributed by atoms with Crippen molar-refractivity contribution >= 4 is 11.6 Å². The Morgan fingerprint density at radius 3 is 2.56 bits per heavy atom. The van der Waals surface area contributed by atoms with E-state index in [0.29, 0.717) is 12.2 Å². The molecule has 1 amide bonds. The SMILES string of the molecule is CC(Nc1ccc(C(=O)NCc2cccnc2)nc1)c1ccccc1. The van der Waals surface area contributed by atoms with Gasteiger partial charge in [-0.2, -0.15) is 0 Å². The number of carbonyl (C=O) groups excluding carboxylic acids is 1. The van der Waals surface area contributed by atoms with Gasteiger partial charge in [0, 0.05) is 25.0 Å². The molecule has 3 aromatic rings. The van der Waals surface area contributed by atoms with Crippen LogP contribution in [0.5, 0.6) is 0 Å². The Bertz CT molecular complexity index is 804. The van der Waals surface area contributed by atoms with Crippen LogP contribution in [0.25, 0.3) is 0 Å². The van der Waals surface area contributed by atoms with Crippen molar-refractivity contribution in [3.63, 3.8) is 0 Å². The molecule has 0 bridgehead atoms. The van der Waals surface area contributed by atoms with Crippen LogP contribution in [0, 0.1) is 0 Å². The van der Waals surface area contributed by atoms with E-state index in [-0.39, 0.29) is 11.9 Å². The van der Waals surface area contributed by atoms with Crippen LogP contribution >= 0.6 is 0 Å². The molecule has 5 nitrogen and oxygen atoms in total. The van der Waals surface area contributed by atoms with Gasteiger partial charge in [0.1, 0.15) is 5.69 Å². The third-order valence-electron chi connectivity index (χ3n) is 3.85. The van der Waals surface area contributed by atoms with Gasteiger partial charge in [0.05, 0.1) is 11.9 Å². The number of anilines is 1. The minimum absolute atomic E-state index is 0.160. The first kappa shape index (κ1) is 16.6. The van der Waals surface area contributed by atoms with E-state index in [1.54, 1.807) is 24.7 Å². The summed E-state index contributed by atoms with van der Waals surface area (Å²) in [6, 6.07) is 17.7. The molecule has 0 saturated carbocycles. The molecule has 0 aliphatic heterocycles. The normalized spacial score (nSPS) is 11.6. The summed E-state index contributed by atoms with van der Waals surface area (Å²) in [7, 11) is 0. The number of aromatic nitrogens is 2. The lowest BCUT2D eigenvalue weighted by atomic mass is 10.1. The molecule has 2 N–H and O–H groups in total. The van der Waals surface area contributed by atoms with Gasteiger partial charge in [-0.3, -0.25) is 9.78 Å². The first-order valence-electron chi connectivity index (χ1n) is 8.17. The molecule has 25 heavy (non-hydrogen) atoms. The predicted octanol–water partition coefficient (Wildman–Crippen LogP) is 3.58. The molecule has 0 aliphatic rings. The summed E-state index contributed by atoms with van der Waals surface area (Å²) in [5.74, 6) is -0.202. The molecule has 126 valence electrons. The van der Waals surface area contributed by atoms with Gasteiger partial charge in [-0.1, -0.05) is 36.4 Å². The van der Waals surface area contributed by atoms with Gasteiger partial charge in [-0.25, -0.2) is 4.98 Å². The fourth-order valence-electron chi connectivity index (χ4n) is 2.46. The maximum atomic E-state index is 12.2. The Labute approximate surface area is 147 Å². The third-order valence-corrected chi connectivity index (χ3v) is 3.85. The fourth-order valence-corrected chi connectivity index (χ4v) is 2.46. The largest absolute Gasteiger partial charge is 0.377 e. The molecule has 2 aromatic heterocycles. The summed E-state index contributed by atoms with van der Waals surface area (Å²) in [4.78, 5) is 20.4. The Morgan fingerprint density at radius 2 is 1.88 bits per heavy atom. The van der Waals surface area contributed by atoms with Crippen LogP contribution in [0.15, 0.2) is 73.2 Å². The van der Waals surface area contributed by atoms with Crippen molar-refractivity contribution < 1.29 is 4.79 Å². The van der Waals surface area contributed by atoms with E-state index in [4.69, 9.17) is 0 Å². The van der Waals surface area contributed by atoms with Gasteiger partial charge in [-0.05, 0) is 36.2 Å². The quantitative estimate of drug-likeness (QED) is 0.724. The summed E-state index contributed by atoms with van der Waals surface area (Å²) in [5.41, 5.74) is 3.41. The molecule has 3 rings (SSSR count). The van der Waals surface area contributed by atoms with E-state index in [0.717, 1.165) is 11.3 Å². The molecule has 1 atom stereocenters. The van der Waals surface area contributed by atoms with E-state index in [2.05, 4.69) is 39.7 Å². The molecular formula is C20H20N4O. The van der Waals surface area contributed by atoms with Gasteiger partial charge < -0.3 is 10.6 Å². The second kappa shape index (κ2) is 8.06. The van der Waals surface area contributed by atoms with Crippen molar-refractivity contribution in [2.45, 2.75) is 19.5 Å².